The number of fused-ring (bicyclic) bond motifs is 1. The van der Waals surface area contributed by atoms with Gasteiger partial charge in [-0.1, -0.05) is 113 Å². The number of nitrogens with zero attached hydrogens (tertiary/aromatic N) is 4. The van der Waals surface area contributed by atoms with Gasteiger partial charge in [0, 0.05) is 16.8 Å². The van der Waals surface area contributed by atoms with Crippen LogP contribution in [0.15, 0.2) is 54.7 Å². The Bertz CT molecular complexity index is 1130. The predicted molar refractivity (Wildman–Crippen MR) is 174 cm³/mol. The highest BCUT2D eigenvalue weighted by Crippen LogP contribution is 2.49. The van der Waals surface area contributed by atoms with Crippen LogP contribution in [0.1, 0.15) is 120 Å². The molecule has 0 fully saturated rings. The SMILES string of the molecule is CC.CC.CC.CCC(C)(CC)c1ccc(C)cc1N1c2ncc(C(C)(C)C)nc2N(c2ccccc2)C1C. The van der Waals surface area contributed by atoms with Crippen molar-refractivity contribution in [1.29, 1.82) is 0 Å². The average Bonchev–Trinajstić information content (AvgIpc) is 3.26. The van der Waals surface area contributed by atoms with Crippen LogP contribution in [0.5, 0.6) is 0 Å². The van der Waals surface area contributed by atoms with Crippen molar-refractivity contribution >= 4 is 23.0 Å². The Morgan fingerprint density at radius 2 is 1.33 bits per heavy atom. The van der Waals surface area contributed by atoms with Crippen LogP contribution in [-0.4, -0.2) is 16.1 Å². The Kier molecular flexibility index (Phi) is 13.2. The Morgan fingerprint density at radius 3 is 1.85 bits per heavy atom. The van der Waals surface area contributed by atoms with Crippen molar-refractivity contribution in [1.82, 2.24) is 9.97 Å². The Labute approximate surface area is 240 Å². The van der Waals surface area contributed by atoms with Gasteiger partial charge in [-0.3, -0.25) is 0 Å². The molecule has 0 saturated carbocycles. The van der Waals surface area contributed by atoms with Crippen molar-refractivity contribution in [3.05, 3.63) is 71.5 Å². The second-order valence-electron chi connectivity index (χ2n) is 10.6. The van der Waals surface area contributed by atoms with Gasteiger partial charge in [0.25, 0.3) is 0 Å². The molecule has 2 heterocycles. The highest BCUT2D eigenvalue weighted by atomic mass is 15.5. The summed E-state index contributed by atoms with van der Waals surface area (Å²) in [5, 5.41) is 0. The maximum Gasteiger partial charge on any atom is 0.178 e. The zero-order chi connectivity index (χ0) is 30.0. The van der Waals surface area contributed by atoms with E-state index in [0.29, 0.717) is 0 Å². The van der Waals surface area contributed by atoms with E-state index in [1.54, 1.807) is 0 Å². The van der Waals surface area contributed by atoms with E-state index in [9.17, 15) is 0 Å². The molecular formula is C35H56N4. The zero-order valence-electron chi connectivity index (χ0n) is 27.5. The van der Waals surface area contributed by atoms with Gasteiger partial charge >= 0.3 is 0 Å². The number of benzene rings is 2. The van der Waals surface area contributed by atoms with Gasteiger partial charge in [0.05, 0.1) is 11.9 Å². The van der Waals surface area contributed by atoms with E-state index in [1.165, 1.54) is 16.8 Å². The fraction of sp³-hybridized carbons (Fsp3) is 0.543. The van der Waals surface area contributed by atoms with E-state index in [-0.39, 0.29) is 17.0 Å². The lowest BCUT2D eigenvalue weighted by molar-refractivity contribution is 0.438. The summed E-state index contributed by atoms with van der Waals surface area (Å²) in [6.45, 7) is 30.0. The highest BCUT2D eigenvalue weighted by Gasteiger charge is 2.40. The van der Waals surface area contributed by atoms with E-state index in [2.05, 4.69) is 114 Å². The summed E-state index contributed by atoms with van der Waals surface area (Å²) in [6.07, 6.45) is 4.19. The van der Waals surface area contributed by atoms with Gasteiger partial charge in [0.1, 0.15) is 6.17 Å². The molecule has 0 saturated heterocycles. The van der Waals surface area contributed by atoms with Crippen molar-refractivity contribution in [3.63, 3.8) is 0 Å². The lowest BCUT2D eigenvalue weighted by Gasteiger charge is -2.36. The minimum Gasteiger partial charge on any atom is -0.302 e. The van der Waals surface area contributed by atoms with E-state index < -0.39 is 0 Å². The molecule has 1 aliphatic rings. The third-order valence-corrected chi connectivity index (χ3v) is 7.37. The maximum absolute atomic E-state index is 5.18. The number of hydrogen-bond acceptors (Lipinski definition) is 4. The van der Waals surface area contributed by atoms with Crippen LogP contribution in [0, 0.1) is 6.92 Å². The van der Waals surface area contributed by atoms with Crippen LogP contribution in [0.3, 0.4) is 0 Å². The number of hydrogen-bond donors (Lipinski definition) is 0. The molecule has 0 amide bonds. The third kappa shape index (κ3) is 7.21. The molecule has 0 bridgehead atoms. The Hall–Kier alpha value is -2.88. The predicted octanol–water partition coefficient (Wildman–Crippen LogP) is 10.9. The largest absolute Gasteiger partial charge is 0.302 e. The first-order valence-corrected chi connectivity index (χ1v) is 15.2. The van der Waals surface area contributed by atoms with Crippen LogP contribution in [-0.2, 0) is 10.8 Å². The molecule has 3 aromatic rings. The minimum absolute atomic E-state index is 0.0520. The van der Waals surface area contributed by atoms with E-state index in [0.717, 1.165) is 35.9 Å². The van der Waals surface area contributed by atoms with Gasteiger partial charge in [-0.15, -0.1) is 0 Å². The van der Waals surface area contributed by atoms with Gasteiger partial charge in [0.15, 0.2) is 11.6 Å². The van der Waals surface area contributed by atoms with Crippen LogP contribution >= 0.6 is 0 Å². The maximum atomic E-state index is 5.18. The van der Waals surface area contributed by atoms with Gasteiger partial charge in [-0.25, -0.2) is 9.97 Å². The first-order chi connectivity index (χ1) is 18.6. The molecule has 0 aliphatic carbocycles. The average molecular weight is 533 g/mol. The second kappa shape index (κ2) is 15.1. The normalized spacial score (nSPS) is 14.3. The molecular weight excluding hydrogens is 476 g/mol. The monoisotopic (exact) mass is 532 g/mol. The van der Waals surface area contributed by atoms with Crippen LogP contribution in [0.25, 0.3) is 0 Å². The molecule has 0 N–H and O–H groups in total. The van der Waals surface area contributed by atoms with Crippen molar-refractivity contribution in [3.8, 4) is 0 Å². The molecule has 0 spiro atoms. The van der Waals surface area contributed by atoms with E-state index in [1.807, 2.05) is 47.7 Å². The molecule has 0 radical (unpaired) electrons. The minimum atomic E-state index is -0.0709. The summed E-state index contributed by atoms with van der Waals surface area (Å²) in [4.78, 5) is 14.9. The zero-order valence-corrected chi connectivity index (χ0v) is 27.5. The number of anilines is 4. The van der Waals surface area contributed by atoms with Gasteiger partial charge in [-0.05, 0) is 61.4 Å². The third-order valence-electron chi connectivity index (χ3n) is 7.37. The van der Waals surface area contributed by atoms with E-state index >= 15 is 0 Å². The molecule has 1 aromatic heterocycles. The molecule has 4 heteroatoms. The summed E-state index contributed by atoms with van der Waals surface area (Å²) in [6, 6.07) is 17.5. The van der Waals surface area contributed by atoms with Crippen molar-refractivity contribution in [2.75, 3.05) is 9.80 Å². The van der Waals surface area contributed by atoms with Crippen LogP contribution in [0.2, 0.25) is 0 Å². The smallest absolute Gasteiger partial charge is 0.178 e. The lowest BCUT2D eigenvalue weighted by Crippen LogP contribution is -2.37. The molecule has 1 atom stereocenters. The molecule has 4 nitrogen and oxygen atoms in total. The number of rotatable bonds is 5. The molecule has 1 unspecified atom stereocenters. The lowest BCUT2D eigenvalue weighted by atomic mass is 9.76. The Morgan fingerprint density at radius 1 is 0.769 bits per heavy atom. The van der Waals surface area contributed by atoms with Crippen molar-refractivity contribution in [2.45, 2.75) is 127 Å². The summed E-state index contributed by atoms with van der Waals surface area (Å²) in [7, 11) is 0. The van der Waals surface area contributed by atoms with Gasteiger partial charge < -0.3 is 9.80 Å². The van der Waals surface area contributed by atoms with Gasteiger partial charge in [0.2, 0.25) is 0 Å². The Balaban J connectivity index is 0.00000119. The highest BCUT2D eigenvalue weighted by molar-refractivity contribution is 5.84. The quantitative estimate of drug-likeness (QED) is 0.327. The summed E-state index contributed by atoms with van der Waals surface area (Å²) in [5.74, 6) is 1.86. The molecule has 1 aliphatic heterocycles. The van der Waals surface area contributed by atoms with Crippen LogP contribution < -0.4 is 9.80 Å². The fourth-order valence-electron chi connectivity index (χ4n) is 4.76. The number of aryl methyl sites for hydroxylation is 1. The summed E-state index contributed by atoms with van der Waals surface area (Å²) < 4.78 is 0. The number of para-hydroxylation sites is 1. The van der Waals surface area contributed by atoms with Crippen LogP contribution in [0.4, 0.5) is 23.0 Å². The van der Waals surface area contributed by atoms with Crippen molar-refractivity contribution < 1.29 is 0 Å². The first kappa shape index (κ1) is 34.1. The standard InChI is InChI=1S/C29H38N4.3C2H6/c1-9-29(8,10-2)23-17-16-20(3)18-24(23)33-21(4)32(22-14-12-11-13-15-22)27-26(33)30-19-25(31-27)28(5,6)7;3*1-2/h11-19,21H,9-10H2,1-8H3;3*1-2H3. The second-order valence-corrected chi connectivity index (χ2v) is 10.6. The van der Waals surface area contributed by atoms with Gasteiger partial charge in [-0.2, -0.15) is 0 Å². The molecule has 39 heavy (non-hydrogen) atoms. The fourth-order valence-corrected chi connectivity index (χ4v) is 4.76. The van der Waals surface area contributed by atoms with E-state index in [4.69, 9.17) is 9.97 Å². The topological polar surface area (TPSA) is 32.3 Å². The summed E-state index contributed by atoms with van der Waals surface area (Å²) in [5.41, 5.74) is 6.05. The molecule has 4 rings (SSSR count). The summed E-state index contributed by atoms with van der Waals surface area (Å²) >= 11 is 0. The van der Waals surface area contributed by atoms with Crippen molar-refractivity contribution in [2.24, 2.45) is 0 Å². The molecule has 216 valence electrons. The number of aromatic nitrogens is 2. The first-order valence-electron chi connectivity index (χ1n) is 15.2. The molecule has 2 aromatic carbocycles.